The molecule has 3 rings (SSSR count). The lowest BCUT2D eigenvalue weighted by Crippen LogP contribution is -2.42. The lowest BCUT2D eigenvalue weighted by atomic mass is 9.94. The maximum Gasteiger partial charge on any atom is 0.235 e. The van der Waals surface area contributed by atoms with Crippen molar-refractivity contribution in [2.45, 2.75) is 75.9 Å². The Labute approximate surface area is 177 Å². The van der Waals surface area contributed by atoms with Gasteiger partial charge in [-0.25, -0.2) is 4.68 Å². The monoisotopic (exact) mass is 417 g/mol. The van der Waals surface area contributed by atoms with E-state index in [1.54, 1.807) is 0 Å². The molecule has 0 bridgehead atoms. The van der Waals surface area contributed by atoms with E-state index < -0.39 is 0 Å². The van der Waals surface area contributed by atoms with Gasteiger partial charge in [0.2, 0.25) is 11.1 Å². The molecular formula is C21H31N5O2S. The van der Waals surface area contributed by atoms with E-state index in [0.29, 0.717) is 17.0 Å². The van der Waals surface area contributed by atoms with E-state index in [9.17, 15) is 4.79 Å². The van der Waals surface area contributed by atoms with Gasteiger partial charge in [-0.2, -0.15) is 0 Å². The van der Waals surface area contributed by atoms with Crippen molar-refractivity contribution < 1.29 is 9.53 Å². The van der Waals surface area contributed by atoms with Crippen LogP contribution in [0.3, 0.4) is 0 Å². The summed E-state index contributed by atoms with van der Waals surface area (Å²) in [5.41, 5.74) is 2.25. The van der Waals surface area contributed by atoms with E-state index in [0.717, 1.165) is 24.2 Å². The number of carbonyl (C=O) groups excluding carboxylic acids is 1. The number of benzene rings is 1. The standard InChI is InChI=1S/C21H31N5O2S/c1-14-10-11-18(15(2)12-14)28-13-19-23-24-21(26(19)22)29-16(3)20(27)25(4)17-8-6-5-7-9-17/h10-12,16-17H,5-9,13,22H2,1-4H3/t16-/m0/s1. The Hall–Kier alpha value is -2.22. The van der Waals surface area contributed by atoms with Gasteiger partial charge in [0.25, 0.3) is 0 Å². The van der Waals surface area contributed by atoms with Crippen molar-refractivity contribution in [1.29, 1.82) is 0 Å². The summed E-state index contributed by atoms with van der Waals surface area (Å²) in [5.74, 6) is 7.59. The first-order chi connectivity index (χ1) is 13.9. The minimum absolute atomic E-state index is 0.109. The molecule has 1 aliphatic rings. The number of nitrogen functional groups attached to an aromatic ring is 1. The number of aryl methyl sites for hydroxylation is 2. The maximum absolute atomic E-state index is 12.8. The zero-order valence-corrected chi connectivity index (χ0v) is 18.5. The molecule has 1 aromatic heterocycles. The molecule has 0 aliphatic heterocycles. The topological polar surface area (TPSA) is 86.3 Å². The quantitative estimate of drug-likeness (QED) is 0.548. The molecule has 7 nitrogen and oxygen atoms in total. The highest BCUT2D eigenvalue weighted by molar-refractivity contribution is 8.00. The number of hydrogen-bond acceptors (Lipinski definition) is 6. The molecule has 0 radical (unpaired) electrons. The second-order valence-corrected chi connectivity index (χ2v) is 9.14. The van der Waals surface area contributed by atoms with Crippen LogP contribution in [0.15, 0.2) is 23.4 Å². The summed E-state index contributed by atoms with van der Waals surface area (Å²) in [7, 11) is 1.91. The molecule has 0 unspecified atom stereocenters. The highest BCUT2D eigenvalue weighted by Gasteiger charge is 2.27. The van der Waals surface area contributed by atoms with Gasteiger partial charge in [-0.05, 0) is 45.2 Å². The Balaban J connectivity index is 1.59. The largest absolute Gasteiger partial charge is 0.485 e. The minimum Gasteiger partial charge on any atom is -0.485 e. The highest BCUT2D eigenvalue weighted by atomic mass is 32.2. The molecule has 1 atom stereocenters. The van der Waals surface area contributed by atoms with Gasteiger partial charge in [0.15, 0.2) is 5.82 Å². The molecule has 2 N–H and O–H groups in total. The first-order valence-corrected chi connectivity index (χ1v) is 11.1. The highest BCUT2D eigenvalue weighted by Crippen LogP contribution is 2.27. The Morgan fingerprint density at radius 1 is 1.31 bits per heavy atom. The first-order valence-electron chi connectivity index (χ1n) is 10.2. The molecule has 158 valence electrons. The normalized spacial score (nSPS) is 15.9. The van der Waals surface area contributed by atoms with Crippen molar-refractivity contribution in [3.05, 3.63) is 35.2 Å². The van der Waals surface area contributed by atoms with E-state index in [-0.39, 0.29) is 17.8 Å². The van der Waals surface area contributed by atoms with Crippen LogP contribution in [-0.2, 0) is 11.4 Å². The lowest BCUT2D eigenvalue weighted by molar-refractivity contribution is -0.131. The number of aromatic nitrogens is 3. The van der Waals surface area contributed by atoms with E-state index in [1.807, 2.05) is 44.9 Å². The second kappa shape index (κ2) is 9.52. The maximum atomic E-state index is 12.8. The van der Waals surface area contributed by atoms with Crippen molar-refractivity contribution in [3.8, 4) is 5.75 Å². The summed E-state index contributed by atoms with van der Waals surface area (Å²) in [5, 5.41) is 8.54. The number of carbonyl (C=O) groups is 1. The van der Waals surface area contributed by atoms with E-state index in [1.165, 1.54) is 41.3 Å². The van der Waals surface area contributed by atoms with Gasteiger partial charge in [0, 0.05) is 13.1 Å². The van der Waals surface area contributed by atoms with Crippen LogP contribution >= 0.6 is 11.8 Å². The fraction of sp³-hybridized carbons (Fsp3) is 0.571. The Morgan fingerprint density at radius 3 is 2.72 bits per heavy atom. The summed E-state index contributed by atoms with van der Waals surface area (Å²) in [4.78, 5) is 14.7. The summed E-state index contributed by atoms with van der Waals surface area (Å²) < 4.78 is 7.27. The van der Waals surface area contributed by atoms with Gasteiger partial charge in [0.1, 0.15) is 12.4 Å². The van der Waals surface area contributed by atoms with Crippen molar-refractivity contribution in [1.82, 2.24) is 19.8 Å². The molecule has 29 heavy (non-hydrogen) atoms. The fourth-order valence-corrected chi connectivity index (χ4v) is 4.62. The molecule has 8 heteroatoms. The molecule has 1 aromatic carbocycles. The summed E-state index contributed by atoms with van der Waals surface area (Å²) >= 11 is 1.34. The van der Waals surface area contributed by atoms with E-state index in [2.05, 4.69) is 16.3 Å². The van der Waals surface area contributed by atoms with Gasteiger partial charge in [-0.15, -0.1) is 10.2 Å². The third kappa shape index (κ3) is 5.23. The van der Waals surface area contributed by atoms with Crippen LogP contribution in [0, 0.1) is 13.8 Å². The molecule has 1 saturated carbocycles. The van der Waals surface area contributed by atoms with Gasteiger partial charge in [0.05, 0.1) is 5.25 Å². The van der Waals surface area contributed by atoms with Crippen molar-refractivity contribution >= 4 is 17.7 Å². The number of nitrogens with two attached hydrogens (primary N) is 1. The van der Waals surface area contributed by atoms with Crippen LogP contribution in [0.5, 0.6) is 5.75 Å². The van der Waals surface area contributed by atoms with Crippen LogP contribution in [0.4, 0.5) is 0 Å². The third-order valence-corrected chi connectivity index (χ3v) is 6.57. The van der Waals surface area contributed by atoms with Crippen molar-refractivity contribution in [3.63, 3.8) is 0 Å². The second-order valence-electron chi connectivity index (χ2n) is 7.83. The molecular weight excluding hydrogens is 386 g/mol. The molecule has 0 saturated heterocycles. The van der Waals surface area contributed by atoms with Crippen molar-refractivity contribution in [2.24, 2.45) is 0 Å². The molecule has 1 heterocycles. The minimum atomic E-state index is -0.276. The number of hydrogen-bond donors (Lipinski definition) is 1. The molecule has 1 amide bonds. The van der Waals surface area contributed by atoms with Gasteiger partial charge in [-0.3, -0.25) is 4.79 Å². The van der Waals surface area contributed by atoms with Crippen molar-refractivity contribution in [2.75, 3.05) is 12.9 Å². The summed E-state index contributed by atoms with van der Waals surface area (Å²) in [6.45, 7) is 6.17. The third-order valence-electron chi connectivity index (χ3n) is 5.52. The zero-order chi connectivity index (χ0) is 21.0. The SMILES string of the molecule is Cc1ccc(OCc2nnc(S[C@@H](C)C(=O)N(C)C3CCCCC3)n2N)c(C)c1. The fourth-order valence-electron chi connectivity index (χ4n) is 3.73. The molecule has 1 aliphatic carbocycles. The Kier molecular flexibility index (Phi) is 7.05. The number of amides is 1. The zero-order valence-electron chi connectivity index (χ0n) is 17.7. The average Bonchev–Trinajstić information content (AvgIpc) is 3.06. The predicted octanol–water partition coefficient (Wildman–Crippen LogP) is 3.46. The summed E-state index contributed by atoms with van der Waals surface area (Å²) in [6, 6.07) is 6.36. The first kappa shape index (κ1) is 21.5. The Bertz CT molecular complexity index is 848. The van der Waals surface area contributed by atoms with Gasteiger partial charge < -0.3 is 15.5 Å². The van der Waals surface area contributed by atoms with Crippen LogP contribution in [-0.4, -0.2) is 44.0 Å². The Morgan fingerprint density at radius 2 is 2.03 bits per heavy atom. The molecule has 2 aromatic rings. The number of thioether (sulfide) groups is 1. The molecule has 1 fully saturated rings. The van der Waals surface area contributed by atoms with E-state index >= 15 is 0 Å². The lowest BCUT2D eigenvalue weighted by Gasteiger charge is -2.32. The van der Waals surface area contributed by atoms with Crippen LogP contribution < -0.4 is 10.6 Å². The number of nitrogens with zero attached hydrogens (tertiary/aromatic N) is 4. The van der Waals surface area contributed by atoms with Crippen LogP contribution in [0.25, 0.3) is 0 Å². The average molecular weight is 418 g/mol. The molecule has 0 spiro atoms. The smallest absolute Gasteiger partial charge is 0.235 e. The van der Waals surface area contributed by atoms with Gasteiger partial charge in [-0.1, -0.05) is 48.7 Å². The van der Waals surface area contributed by atoms with Crippen LogP contribution in [0.1, 0.15) is 56.0 Å². The van der Waals surface area contributed by atoms with Gasteiger partial charge >= 0.3 is 0 Å². The summed E-state index contributed by atoms with van der Waals surface area (Å²) in [6.07, 6.45) is 5.85. The number of ether oxygens (including phenoxy) is 1. The predicted molar refractivity (Wildman–Crippen MR) is 115 cm³/mol. The number of rotatable bonds is 7. The van der Waals surface area contributed by atoms with E-state index in [4.69, 9.17) is 10.6 Å². The van der Waals surface area contributed by atoms with Crippen LogP contribution in [0.2, 0.25) is 0 Å².